The first-order chi connectivity index (χ1) is 6.63. The summed E-state index contributed by atoms with van der Waals surface area (Å²) in [7, 11) is 0. The van der Waals surface area contributed by atoms with Gasteiger partial charge in [0, 0.05) is 23.2 Å². The van der Waals surface area contributed by atoms with Gasteiger partial charge < -0.3 is 5.73 Å². The second-order valence-corrected chi connectivity index (χ2v) is 4.73. The molecule has 0 aromatic rings. The van der Waals surface area contributed by atoms with Crippen molar-refractivity contribution in [1.29, 1.82) is 0 Å². The lowest BCUT2D eigenvalue weighted by Crippen LogP contribution is -2.40. The molecule has 0 amide bonds. The predicted octanol–water partition coefficient (Wildman–Crippen LogP) is 2.36. The molecule has 0 radical (unpaired) electrons. The van der Waals surface area contributed by atoms with Crippen LogP contribution in [0.4, 0.5) is 0 Å². The molecule has 2 nitrogen and oxygen atoms in total. The number of rotatable bonds is 3. The molecule has 0 aromatic heterocycles. The highest BCUT2D eigenvalue weighted by Gasteiger charge is 2.21. The number of piperidine rings is 1. The molecule has 0 aromatic carbocycles. The third-order valence-corrected chi connectivity index (χ3v) is 3.47. The van der Waals surface area contributed by atoms with Gasteiger partial charge in [0.05, 0.1) is 0 Å². The molecule has 0 spiro atoms. The van der Waals surface area contributed by atoms with Crippen LogP contribution in [0.3, 0.4) is 0 Å². The van der Waals surface area contributed by atoms with Gasteiger partial charge in [0.25, 0.3) is 0 Å². The largest absolute Gasteiger partial charge is 0.328 e. The van der Waals surface area contributed by atoms with Gasteiger partial charge in [0.2, 0.25) is 0 Å². The van der Waals surface area contributed by atoms with Gasteiger partial charge in [0.15, 0.2) is 0 Å². The average molecular weight is 237 g/mol. The van der Waals surface area contributed by atoms with E-state index in [1.807, 2.05) is 0 Å². The maximum absolute atomic E-state index is 5.86. The molecular weight excluding hydrogens is 219 g/mol. The summed E-state index contributed by atoms with van der Waals surface area (Å²) in [5.41, 5.74) is 7.31. The highest BCUT2D eigenvalue weighted by Crippen LogP contribution is 2.20. The summed E-state index contributed by atoms with van der Waals surface area (Å²) >= 11 is 11.4. The van der Waals surface area contributed by atoms with Crippen LogP contribution in [0.2, 0.25) is 0 Å². The van der Waals surface area contributed by atoms with Gasteiger partial charge in [-0.25, -0.2) is 0 Å². The fraction of sp³-hybridized carbons (Fsp3) is 0.800. The first-order valence-electron chi connectivity index (χ1n) is 5.06. The van der Waals surface area contributed by atoms with Gasteiger partial charge in [-0.05, 0) is 38.8 Å². The van der Waals surface area contributed by atoms with Crippen molar-refractivity contribution in [2.24, 2.45) is 11.7 Å². The molecule has 4 heteroatoms. The zero-order valence-corrected chi connectivity index (χ0v) is 10.1. The zero-order valence-electron chi connectivity index (χ0n) is 8.55. The van der Waals surface area contributed by atoms with E-state index in [4.69, 9.17) is 28.9 Å². The van der Waals surface area contributed by atoms with Crippen LogP contribution in [0.25, 0.3) is 0 Å². The number of nitrogens with zero attached hydrogens (tertiary/aromatic N) is 1. The maximum atomic E-state index is 5.86. The van der Waals surface area contributed by atoms with Gasteiger partial charge in [-0.15, -0.1) is 0 Å². The topological polar surface area (TPSA) is 29.3 Å². The van der Waals surface area contributed by atoms with E-state index < -0.39 is 0 Å². The molecule has 1 aliphatic rings. The van der Waals surface area contributed by atoms with Crippen molar-refractivity contribution in [2.45, 2.75) is 25.8 Å². The van der Waals surface area contributed by atoms with Crippen molar-refractivity contribution in [2.75, 3.05) is 19.6 Å². The predicted molar refractivity (Wildman–Crippen MR) is 62.6 cm³/mol. The molecule has 0 saturated carbocycles. The molecule has 1 aliphatic heterocycles. The van der Waals surface area contributed by atoms with Gasteiger partial charge in [0.1, 0.15) is 0 Å². The number of nitrogens with two attached hydrogens (primary N) is 1. The molecule has 14 heavy (non-hydrogen) atoms. The van der Waals surface area contributed by atoms with Crippen molar-refractivity contribution in [1.82, 2.24) is 4.90 Å². The fourth-order valence-electron chi connectivity index (χ4n) is 1.88. The first kappa shape index (κ1) is 12.3. The summed E-state index contributed by atoms with van der Waals surface area (Å²) in [5, 5.41) is 0.714. The lowest BCUT2D eigenvalue weighted by atomic mass is 9.91. The van der Waals surface area contributed by atoms with Crippen LogP contribution in [0.15, 0.2) is 10.6 Å². The minimum absolute atomic E-state index is 0.316. The van der Waals surface area contributed by atoms with Crippen LogP contribution in [0.5, 0.6) is 0 Å². The quantitative estimate of drug-likeness (QED) is 0.816. The van der Waals surface area contributed by atoms with Crippen molar-refractivity contribution in [3.8, 4) is 0 Å². The maximum Gasteiger partial charge on any atom is 0.0434 e. The Morgan fingerprint density at radius 1 is 1.57 bits per heavy atom. The van der Waals surface area contributed by atoms with Crippen LogP contribution in [0.1, 0.15) is 19.8 Å². The van der Waals surface area contributed by atoms with E-state index in [1.54, 1.807) is 0 Å². The van der Waals surface area contributed by atoms with Crippen LogP contribution in [0, 0.1) is 5.92 Å². The van der Waals surface area contributed by atoms with Crippen LogP contribution in [-0.2, 0) is 0 Å². The van der Waals surface area contributed by atoms with Crippen LogP contribution >= 0.6 is 23.2 Å². The SMILES string of the molecule is CC(N)C1CCN(CC(Cl)=CCl)CC1. The number of hydrogen-bond acceptors (Lipinski definition) is 2. The zero-order chi connectivity index (χ0) is 10.6. The summed E-state index contributed by atoms with van der Waals surface area (Å²) < 4.78 is 0. The molecule has 1 rings (SSSR count). The van der Waals surface area contributed by atoms with Crippen LogP contribution in [-0.4, -0.2) is 30.6 Å². The molecule has 1 atom stereocenters. The van der Waals surface area contributed by atoms with E-state index in [0.717, 1.165) is 19.6 Å². The van der Waals surface area contributed by atoms with Gasteiger partial charge in [-0.2, -0.15) is 0 Å². The monoisotopic (exact) mass is 236 g/mol. The smallest absolute Gasteiger partial charge is 0.0434 e. The molecule has 0 aliphatic carbocycles. The average Bonchev–Trinajstić information content (AvgIpc) is 2.18. The van der Waals surface area contributed by atoms with E-state index in [0.29, 0.717) is 17.0 Å². The molecule has 82 valence electrons. The standard InChI is InChI=1S/C10H18Cl2N2/c1-8(13)9-2-4-14(5-3-9)7-10(12)6-11/h6,8-9H,2-5,7,13H2,1H3. The normalized spacial score (nSPS) is 23.9. The number of halogens is 2. The van der Waals surface area contributed by atoms with E-state index in [-0.39, 0.29) is 0 Å². The second kappa shape index (κ2) is 5.96. The van der Waals surface area contributed by atoms with Crippen molar-refractivity contribution in [3.63, 3.8) is 0 Å². The van der Waals surface area contributed by atoms with Gasteiger partial charge >= 0.3 is 0 Å². The molecule has 0 bridgehead atoms. The summed E-state index contributed by atoms with van der Waals surface area (Å²) in [5.74, 6) is 0.671. The Bertz CT molecular complexity index is 196. The molecular formula is C10H18Cl2N2. The fourth-order valence-corrected chi connectivity index (χ4v) is 2.12. The Hall–Kier alpha value is 0.240. The lowest BCUT2D eigenvalue weighted by molar-refractivity contribution is 0.186. The van der Waals surface area contributed by atoms with E-state index >= 15 is 0 Å². The van der Waals surface area contributed by atoms with Crippen molar-refractivity contribution < 1.29 is 0 Å². The Labute approximate surface area is 96.0 Å². The second-order valence-electron chi connectivity index (χ2n) is 4.03. The van der Waals surface area contributed by atoms with E-state index in [9.17, 15) is 0 Å². The third kappa shape index (κ3) is 3.77. The summed E-state index contributed by atoms with van der Waals surface area (Å²) in [6.07, 6.45) is 2.34. The number of likely N-dealkylation sites (tertiary alicyclic amines) is 1. The van der Waals surface area contributed by atoms with Gasteiger partial charge in [-0.1, -0.05) is 23.2 Å². The Balaban J connectivity index is 2.29. The lowest BCUT2D eigenvalue weighted by Gasteiger charge is -2.33. The van der Waals surface area contributed by atoms with E-state index in [1.165, 1.54) is 18.4 Å². The van der Waals surface area contributed by atoms with E-state index in [2.05, 4.69) is 11.8 Å². The molecule has 2 N–H and O–H groups in total. The van der Waals surface area contributed by atoms with Gasteiger partial charge in [-0.3, -0.25) is 4.90 Å². The molecule has 1 unspecified atom stereocenters. The van der Waals surface area contributed by atoms with Crippen LogP contribution < -0.4 is 5.73 Å². The Morgan fingerprint density at radius 3 is 2.57 bits per heavy atom. The Morgan fingerprint density at radius 2 is 2.14 bits per heavy atom. The third-order valence-electron chi connectivity index (χ3n) is 2.87. The summed E-state index contributed by atoms with van der Waals surface area (Å²) in [6.45, 7) is 5.02. The first-order valence-corrected chi connectivity index (χ1v) is 5.87. The van der Waals surface area contributed by atoms with Crippen molar-refractivity contribution in [3.05, 3.63) is 10.6 Å². The highest BCUT2D eigenvalue weighted by atomic mass is 35.5. The Kier molecular flexibility index (Phi) is 5.24. The summed E-state index contributed by atoms with van der Waals surface area (Å²) in [6, 6.07) is 0.316. The summed E-state index contributed by atoms with van der Waals surface area (Å²) in [4.78, 5) is 2.32. The number of hydrogen-bond donors (Lipinski definition) is 1. The molecule has 1 saturated heterocycles. The minimum Gasteiger partial charge on any atom is -0.328 e. The molecule has 1 heterocycles. The molecule has 1 fully saturated rings. The highest BCUT2D eigenvalue weighted by molar-refractivity contribution is 6.36. The minimum atomic E-state index is 0.316. The van der Waals surface area contributed by atoms with Crippen molar-refractivity contribution >= 4 is 23.2 Å².